The lowest BCUT2D eigenvalue weighted by Crippen LogP contribution is -2.06. The van der Waals surface area contributed by atoms with Crippen LogP contribution in [0.15, 0.2) is 42.6 Å². The van der Waals surface area contributed by atoms with Gasteiger partial charge in [-0.3, -0.25) is 9.78 Å². The van der Waals surface area contributed by atoms with E-state index in [1.165, 1.54) is 7.11 Å². The average Bonchev–Trinajstić information content (AvgIpc) is 2.47. The van der Waals surface area contributed by atoms with Crippen LogP contribution in [0.25, 0.3) is 11.3 Å². The molecule has 19 heavy (non-hydrogen) atoms. The molecule has 0 aliphatic carbocycles. The molecule has 0 amide bonds. The van der Waals surface area contributed by atoms with Crippen molar-refractivity contribution < 1.29 is 14.3 Å². The van der Waals surface area contributed by atoms with E-state index in [-0.39, 0.29) is 12.4 Å². The highest BCUT2D eigenvalue weighted by Crippen LogP contribution is 2.25. The van der Waals surface area contributed by atoms with Crippen LogP contribution >= 0.6 is 0 Å². The lowest BCUT2D eigenvalue weighted by Gasteiger charge is -2.08. The molecule has 4 nitrogen and oxygen atoms in total. The smallest absolute Gasteiger partial charge is 0.310 e. The molecule has 0 radical (unpaired) electrons. The van der Waals surface area contributed by atoms with Gasteiger partial charge in [0.2, 0.25) is 0 Å². The Morgan fingerprint density at radius 3 is 2.79 bits per heavy atom. The number of esters is 1. The van der Waals surface area contributed by atoms with Gasteiger partial charge in [0.05, 0.1) is 26.3 Å². The molecule has 0 spiro atoms. The molecule has 0 N–H and O–H groups in total. The maximum Gasteiger partial charge on any atom is 0.310 e. The first kappa shape index (κ1) is 13.1. The molecule has 0 atom stereocenters. The van der Waals surface area contributed by atoms with Crippen molar-refractivity contribution in [2.75, 3.05) is 14.2 Å². The molecule has 2 aromatic rings. The minimum absolute atomic E-state index is 0.205. The van der Waals surface area contributed by atoms with Gasteiger partial charge in [-0.1, -0.05) is 18.2 Å². The third-order valence-electron chi connectivity index (χ3n) is 2.80. The van der Waals surface area contributed by atoms with Crippen molar-refractivity contribution in [2.24, 2.45) is 0 Å². The predicted octanol–water partition coefficient (Wildman–Crippen LogP) is 2.47. The highest BCUT2D eigenvalue weighted by Gasteiger charge is 2.11. The number of ether oxygens (including phenoxy) is 2. The van der Waals surface area contributed by atoms with E-state index in [0.717, 1.165) is 22.6 Å². The van der Waals surface area contributed by atoms with Crippen LogP contribution in [-0.4, -0.2) is 25.2 Å². The molecule has 0 fully saturated rings. The zero-order valence-electron chi connectivity index (χ0n) is 10.9. The summed E-state index contributed by atoms with van der Waals surface area (Å²) in [4.78, 5) is 15.8. The second-order valence-corrected chi connectivity index (χ2v) is 4.00. The van der Waals surface area contributed by atoms with E-state index in [2.05, 4.69) is 4.98 Å². The van der Waals surface area contributed by atoms with Crippen LogP contribution in [-0.2, 0) is 16.0 Å². The first-order valence-corrected chi connectivity index (χ1v) is 5.89. The summed E-state index contributed by atoms with van der Waals surface area (Å²) in [7, 11) is 3.00. The van der Waals surface area contributed by atoms with Crippen LogP contribution in [0.1, 0.15) is 5.56 Å². The number of aromatic nitrogens is 1. The SMILES string of the molecule is COC(=O)Cc1cccnc1-c1cccc(OC)c1. The Labute approximate surface area is 112 Å². The van der Waals surface area contributed by atoms with Gasteiger partial charge in [-0.15, -0.1) is 0 Å². The van der Waals surface area contributed by atoms with Gasteiger partial charge in [-0.2, -0.15) is 0 Å². The van der Waals surface area contributed by atoms with Gasteiger partial charge in [-0.25, -0.2) is 0 Å². The van der Waals surface area contributed by atoms with Crippen LogP contribution in [0.4, 0.5) is 0 Å². The molecular formula is C15H15NO3. The first-order chi connectivity index (χ1) is 9.24. The third kappa shape index (κ3) is 3.10. The Morgan fingerprint density at radius 2 is 2.05 bits per heavy atom. The monoisotopic (exact) mass is 257 g/mol. The Bertz CT molecular complexity index is 581. The van der Waals surface area contributed by atoms with Gasteiger partial charge >= 0.3 is 5.97 Å². The van der Waals surface area contributed by atoms with Gasteiger partial charge in [0.1, 0.15) is 5.75 Å². The van der Waals surface area contributed by atoms with E-state index in [4.69, 9.17) is 9.47 Å². The molecule has 1 heterocycles. The third-order valence-corrected chi connectivity index (χ3v) is 2.80. The summed E-state index contributed by atoms with van der Waals surface area (Å²) >= 11 is 0. The number of carbonyl (C=O) groups excluding carboxylic acids is 1. The normalized spacial score (nSPS) is 10.0. The maximum atomic E-state index is 11.4. The van der Waals surface area contributed by atoms with Crippen LogP contribution in [0.5, 0.6) is 5.75 Å². The quantitative estimate of drug-likeness (QED) is 0.789. The fourth-order valence-corrected chi connectivity index (χ4v) is 1.84. The van der Waals surface area contributed by atoms with Crippen LogP contribution < -0.4 is 4.74 Å². The number of carbonyl (C=O) groups is 1. The molecule has 0 bridgehead atoms. The molecule has 4 heteroatoms. The van der Waals surface area contributed by atoms with E-state index in [1.807, 2.05) is 36.4 Å². The Morgan fingerprint density at radius 1 is 1.21 bits per heavy atom. The topological polar surface area (TPSA) is 48.4 Å². The summed E-state index contributed by atoms with van der Waals surface area (Å²) in [5.74, 6) is 0.476. The van der Waals surface area contributed by atoms with Crippen molar-refractivity contribution in [3.05, 3.63) is 48.2 Å². The second kappa shape index (κ2) is 6.00. The molecule has 0 aliphatic heterocycles. The van der Waals surface area contributed by atoms with E-state index >= 15 is 0 Å². The average molecular weight is 257 g/mol. The Hall–Kier alpha value is -2.36. The highest BCUT2D eigenvalue weighted by molar-refractivity contribution is 5.76. The Kier molecular flexibility index (Phi) is 4.13. The summed E-state index contributed by atoms with van der Waals surface area (Å²) < 4.78 is 9.90. The lowest BCUT2D eigenvalue weighted by atomic mass is 10.0. The zero-order chi connectivity index (χ0) is 13.7. The van der Waals surface area contributed by atoms with Gasteiger partial charge < -0.3 is 9.47 Å². The van der Waals surface area contributed by atoms with Crippen molar-refractivity contribution >= 4 is 5.97 Å². The van der Waals surface area contributed by atoms with Gasteiger partial charge in [0, 0.05) is 11.8 Å². The molecule has 1 aromatic carbocycles. The largest absolute Gasteiger partial charge is 0.497 e. The van der Waals surface area contributed by atoms with Crippen LogP contribution in [0.2, 0.25) is 0 Å². The fraction of sp³-hybridized carbons (Fsp3) is 0.200. The number of rotatable bonds is 4. The number of hydrogen-bond acceptors (Lipinski definition) is 4. The van der Waals surface area contributed by atoms with Crippen molar-refractivity contribution in [2.45, 2.75) is 6.42 Å². The molecule has 0 saturated carbocycles. The molecule has 2 rings (SSSR count). The van der Waals surface area contributed by atoms with Crippen molar-refractivity contribution in [3.63, 3.8) is 0 Å². The van der Waals surface area contributed by atoms with E-state index in [1.54, 1.807) is 13.3 Å². The summed E-state index contributed by atoms with van der Waals surface area (Å²) in [6, 6.07) is 11.3. The summed E-state index contributed by atoms with van der Waals surface area (Å²) in [5.41, 5.74) is 2.52. The fourth-order valence-electron chi connectivity index (χ4n) is 1.84. The number of methoxy groups -OCH3 is 2. The van der Waals surface area contributed by atoms with Crippen molar-refractivity contribution in [3.8, 4) is 17.0 Å². The van der Waals surface area contributed by atoms with E-state index in [9.17, 15) is 4.79 Å². The van der Waals surface area contributed by atoms with Crippen molar-refractivity contribution in [1.82, 2.24) is 4.98 Å². The number of benzene rings is 1. The van der Waals surface area contributed by atoms with Crippen LogP contribution in [0.3, 0.4) is 0 Å². The van der Waals surface area contributed by atoms with Crippen LogP contribution in [0, 0.1) is 0 Å². The van der Waals surface area contributed by atoms with Crippen molar-refractivity contribution in [1.29, 1.82) is 0 Å². The van der Waals surface area contributed by atoms with Gasteiger partial charge in [0.25, 0.3) is 0 Å². The summed E-state index contributed by atoms with van der Waals surface area (Å²) in [5, 5.41) is 0. The molecule has 0 aliphatic rings. The second-order valence-electron chi connectivity index (χ2n) is 4.00. The first-order valence-electron chi connectivity index (χ1n) is 5.89. The molecule has 1 aromatic heterocycles. The maximum absolute atomic E-state index is 11.4. The Balaban J connectivity index is 2.40. The number of pyridine rings is 1. The minimum Gasteiger partial charge on any atom is -0.497 e. The van der Waals surface area contributed by atoms with E-state index in [0.29, 0.717) is 0 Å². The van der Waals surface area contributed by atoms with Gasteiger partial charge in [0.15, 0.2) is 0 Å². The molecular weight excluding hydrogens is 242 g/mol. The molecule has 0 saturated heterocycles. The van der Waals surface area contributed by atoms with Gasteiger partial charge in [-0.05, 0) is 23.8 Å². The highest BCUT2D eigenvalue weighted by atomic mass is 16.5. The minimum atomic E-state index is -0.280. The molecule has 0 unspecified atom stereocenters. The number of nitrogens with zero attached hydrogens (tertiary/aromatic N) is 1. The summed E-state index contributed by atoms with van der Waals surface area (Å²) in [6.45, 7) is 0. The summed E-state index contributed by atoms with van der Waals surface area (Å²) in [6.07, 6.45) is 1.91. The standard InChI is InChI=1S/C15H15NO3/c1-18-13-7-3-5-11(9-13)15-12(6-4-8-16-15)10-14(17)19-2/h3-9H,10H2,1-2H3. The molecule has 98 valence electrons. The number of hydrogen-bond donors (Lipinski definition) is 0. The zero-order valence-corrected chi connectivity index (χ0v) is 10.9. The van der Waals surface area contributed by atoms with E-state index < -0.39 is 0 Å². The predicted molar refractivity (Wildman–Crippen MR) is 71.9 cm³/mol. The lowest BCUT2D eigenvalue weighted by molar-refractivity contribution is -0.139.